The van der Waals surface area contributed by atoms with Crippen LogP contribution in [-0.2, 0) is 11.8 Å². The summed E-state index contributed by atoms with van der Waals surface area (Å²) in [6.07, 6.45) is -1.88. The zero-order valence-electron chi connectivity index (χ0n) is 19.8. The summed E-state index contributed by atoms with van der Waals surface area (Å²) >= 11 is 0. The molecule has 0 saturated carbocycles. The van der Waals surface area contributed by atoms with Crippen molar-refractivity contribution in [1.29, 1.82) is 0 Å². The first-order valence-electron chi connectivity index (χ1n) is 11.2. The molecule has 11 heteroatoms. The monoisotopic (exact) mass is 489 g/mol. The largest absolute Gasteiger partial charge is 0.375 e. The minimum Gasteiger partial charge on any atom is -0.375 e. The Morgan fingerprint density at radius 2 is 1.94 bits per heavy atom. The lowest BCUT2D eigenvalue weighted by atomic mass is 10.0. The van der Waals surface area contributed by atoms with Crippen LogP contribution in [0.4, 0.5) is 19.0 Å². The molecular formula is C24H26F3N5O3. The van der Waals surface area contributed by atoms with E-state index < -0.39 is 35.3 Å². The average Bonchev–Trinajstić information content (AvgIpc) is 2.82. The number of pyridine rings is 1. The highest BCUT2D eigenvalue weighted by Crippen LogP contribution is 2.30. The molecule has 4 rings (SSSR count). The van der Waals surface area contributed by atoms with Crippen molar-refractivity contribution in [1.82, 2.24) is 19.4 Å². The van der Waals surface area contributed by atoms with Crippen molar-refractivity contribution in [2.24, 2.45) is 7.05 Å². The maximum absolute atomic E-state index is 14.7. The van der Waals surface area contributed by atoms with E-state index in [-0.39, 0.29) is 34.7 Å². The van der Waals surface area contributed by atoms with E-state index in [1.165, 1.54) is 36.1 Å². The number of hydrogen-bond acceptors (Lipinski definition) is 6. The third kappa shape index (κ3) is 4.60. The number of aromatic nitrogens is 3. The van der Waals surface area contributed by atoms with Gasteiger partial charge < -0.3 is 15.0 Å². The van der Waals surface area contributed by atoms with Gasteiger partial charge in [-0.3, -0.25) is 14.2 Å². The van der Waals surface area contributed by atoms with Crippen LogP contribution in [0.2, 0.25) is 0 Å². The number of carbonyl (C=O) groups is 1. The number of hydrogen-bond donors (Lipinski definition) is 1. The molecule has 1 amide bonds. The highest BCUT2D eigenvalue weighted by molar-refractivity contribution is 5.99. The van der Waals surface area contributed by atoms with E-state index in [4.69, 9.17) is 4.74 Å². The Labute approximate surface area is 199 Å². The number of nitrogens with one attached hydrogen (secondary N) is 1. The molecule has 35 heavy (non-hydrogen) atoms. The van der Waals surface area contributed by atoms with E-state index in [1.807, 2.05) is 13.8 Å². The van der Waals surface area contributed by atoms with Crippen molar-refractivity contribution >= 4 is 22.8 Å². The number of nitrogens with zero attached hydrogens (tertiary/aromatic N) is 4. The maximum Gasteiger partial charge on any atom is 0.266 e. The van der Waals surface area contributed by atoms with Gasteiger partial charge in [0.15, 0.2) is 0 Å². The first kappa shape index (κ1) is 24.6. The molecule has 3 aromatic rings. The number of morpholine rings is 1. The number of alkyl halides is 2. The first-order valence-corrected chi connectivity index (χ1v) is 11.2. The summed E-state index contributed by atoms with van der Waals surface area (Å²) in [6, 6.07) is 4.28. The summed E-state index contributed by atoms with van der Waals surface area (Å²) in [5.74, 6) is -1.20. The van der Waals surface area contributed by atoms with Crippen LogP contribution in [0.25, 0.3) is 11.0 Å². The molecule has 186 valence electrons. The topological polar surface area (TPSA) is 89.4 Å². The molecule has 8 nitrogen and oxygen atoms in total. The van der Waals surface area contributed by atoms with E-state index in [9.17, 15) is 22.8 Å². The molecule has 0 aliphatic carbocycles. The Bertz CT molecular complexity index is 1330. The highest BCUT2D eigenvalue weighted by atomic mass is 19.3. The van der Waals surface area contributed by atoms with E-state index in [1.54, 1.807) is 11.8 Å². The van der Waals surface area contributed by atoms with E-state index in [0.29, 0.717) is 18.5 Å². The number of rotatable bonds is 5. The second kappa shape index (κ2) is 9.65. The van der Waals surface area contributed by atoms with Gasteiger partial charge in [-0.25, -0.2) is 23.1 Å². The minimum atomic E-state index is -2.95. The average molecular weight is 489 g/mol. The Hall–Kier alpha value is -3.47. The molecule has 0 spiro atoms. The second-order valence-electron chi connectivity index (χ2n) is 8.75. The molecule has 2 unspecified atom stereocenters. The van der Waals surface area contributed by atoms with Gasteiger partial charge in [-0.15, -0.1) is 0 Å². The zero-order chi connectivity index (χ0) is 25.4. The fourth-order valence-corrected chi connectivity index (χ4v) is 4.23. The Kier molecular flexibility index (Phi) is 6.79. The van der Waals surface area contributed by atoms with Gasteiger partial charge in [-0.2, -0.15) is 0 Å². The number of aryl methyl sites for hydroxylation is 1. The lowest BCUT2D eigenvalue weighted by molar-refractivity contribution is -0.0387. The molecular weight excluding hydrogens is 463 g/mol. The lowest BCUT2D eigenvalue weighted by Crippen LogP contribution is -2.51. The normalized spacial score (nSPS) is 19.3. The van der Waals surface area contributed by atoms with Crippen LogP contribution in [0.15, 0.2) is 35.4 Å². The van der Waals surface area contributed by atoms with Gasteiger partial charge >= 0.3 is 0 Å². The quantitative estimate of drug-likeness (QED) is 0.586. The second-order valence-corrected chi connectivity index (χ2v) is 8.75. The van der Waals surface area contributed by atoms with Gasteiger partial charge in [0.1, 0.15) is 29.2 Å². The fourth-order valence-electron chi connectivity index (χ4n) is 4.23. The Morgan fingerprint density at radius 3 is 2.66 bits per heavy atom. The first-order chi connectivity index (χ1) is 16.6. The van der Waals surface area contributed by atoms with Crippen LogP contribution in [0, 0.1) is 5.82 Å². The van der Waals surface area contributed by atoms with Crippen molar-refractivity contribution in [2.45, 2.75) is 45.4 Å². The molecule has 1 aliphatic heterocycles. The van der Waals surface area contributed by atoms with E-state index >= 15 is 0 Å². The van der Waals surface area contributed by atoms with Crippen molar-refractivity contribution < 1.29 is 22.7 Å². The number of ether oxygens (including phenoxy) is 1. The molecule has 1 aliphatic rings. The Morgan fingerprint density at radius 1 is 1.23 bits per heavy atom. The molecule has 1 saturated heterocycles. The van der Waals surface area contributed by atoms with Crippen molar-refractivity contribution in [3.8, 4) is 0 Å². The molecule has 0 bridgehead atoms. The molecule has 1 N–H and O–H groups in total. The summed E-state index contributed by atoms with van der Waals surface area (Å²) in [4.78, 5) is 36.4. The Balaban J connectivity index is 1.75. The molecule has 1 aromatic carbocycles. The van der Waals surface area contributed by atoms with Crippen LogP contribution in [0.3, 0.4) is 0 Å². The summed E-state index contributed by atoms with van der Waals surface area (Å²) in [6.45, 7) is 6.00. The van der Waals surface area contributed by atoms with Gasteiger partial charge in [0.25, 0.3) is 17.9 Å². The predicted octanol–water partition coefficient (Wildman–Crippen LogP) is 3.83. The van der Waals surface area contributed by atoms with Crippen LogP contribution in [-0.4, -0.2) is 50.6 Å². The smallest absolute Gasteiger partial charge is 0.266 e. The van der Waals surface area contributed by atoms with E-state index in [0.717, 1.165) is 6.07 Å². The van der Waals surface area contributed by atoms with Crippen LogP contribution >= 0.6 is 0 Å². The predicted molar refractivity (Wildman–Crippen MR) is 124 cm³/mol. The summed E-state index contributed by atoms with van der Waals surface area (Å²) in [5, 5.41) is 3.39. The third-order valence-electron chi connectivity index (χ3n) is 6.22. The van der Waals surface area contributed by atoms with Crippen LogP contribution in [0.5, 0.6) is 0 Å². The zero-order valence-corrected chi connectivity index (χ0v) is 19.8. The number of anilines is 1. The third-order valence-corrected chi connectivity index (χ3v) is 6.22. The van der Waals surface area contributed by atoms with Gasteiger partial charge in [0, 0.05) is 19.2 Å². The number of amides is 1. The number of carbonyl (C=O) groups excluding carboxylic acids is 1. The maximum atomic E-state index is 14.7. The molecule has 2 aromatic heterocycles. The molecule has 3 atom stereocenters. The van der Waals surface area contributed by atoms with Crippen molar-refractivity contribution in [3.63, 3.8) is 0 Å². The van der Waals surface area contributed by atoms with Gasteiger partial charge in [0.05, 0.1) is 35.7 Å². The summed E-state index contributed by atoms with van der Waals surface area (Å²) < 4.78 is 47.8. The standard InChI is InChI=1S/C24H26F3N5O3/c1-12-10-35-13(2)9-32(12)24(34)18-8-17-21(28-11-29-22(17)31(4)23(18)33)30-14(3)15-6-5-7-16(19(15)25)20(26)27/h5-8,11-14,20H,9-10H2,1-4H3,(H,28,29,30)/t12?,13?,14-/m1/s1. The van der Waals surface area contributed by atoms with E-state index in [2.05, 4.69) is 15.3 Å². The fraction of sp³-hybridized carbons (Fsp3) is 0.417. The number of halogens is 3. The van der Waals surface area contributed by atoms with Gasteiger partial charge in [-0.05, 0) is 26.8 Å². The van der Waals surface area contributed by atoms with Crippen LogP contribution in [0.1, 0.15) is 54.7 Å². The molecule has 1 fully saturated rings. The SMILES string of the molecule is CC1CN(C(=O)c2cc3c(N[C@H](C)c4cccc(C(F)F)c4F)ncnc3n(C)c2=O)C(C)CO1. The van der Waals surface area contributed by atoms with Gasteiger partial charge in [-0.1, -0.05) is 18.2 Å². The molecule has 0 radical (unpaired) electrons. The number of benzene rings is 1. The van der Waals surface area contributed by atoms with Crippen LogP contribution < -0.4 is 10.9 Å². The summed E-state index contributed by atoms with van der Waals surface area (Å²) in [7, 11) is 1.50. The summed E-state index contributed by atoms with van der Waals surface area (Å²) in [5.41, 5.74) is -0.958. The minimum absolute atomic E-state index is 0.0341. The van der Waals surface area contributed by atoms with Crippen molar-refractivity contribution in [2.75, 3.05) is 18.5 Å². The lowest BCUT2D eigenvalue weighted by Gasteiger charge is -2.36. The van der Waals surface area contributed by atoms with Gasteiger partial charge in [0.2, 0.25) is 0 Å². The van der Waals surface area contributed by atoms with Crippen molar-refractivity contribution in [3.05, 3.63) is 63.5 Å². The molecule has 3 heterocycles. The highest BCUT2D eigenvalue weighted by Gasteiger charge is 2.30. The number of fused-ring (bicyclic) bond motifs is 1.